The second kappa shape index (κ2) is 5.29. The SMILES string of the molecule is Oc1cccc2cc(COc3cccc(C(F)(F)F)c3)oc12. The van der Waals surface area contributed by atoms with Crippen LogP contribution >= 0.6 is 0 Å². The minimum Gasteiger partial charge on any atom is -0.504 e. The van der Waals surface area contributed by atoms with E-state index in [9.17, 15) is 18.3 Å². The lowest BCUT2D eigenvalue weighted by molar-refractivity contribution is -0.137. The van der Waals surface area contributed by atoms with Crippen molar-refractivity contribution in [3.05, 3.63) is 59.9 Å². The van der Waals surface area contributed by atoms with Gasteiger partial charge in [-0.3, -0.25) is 0 Å². The maximum Gasteiger partial charge on any atom is 0.416 e. The maximum absolute atomic E-state index is 12.6. The van der Waals surface area contributed by atoms with E-state index in [-0.39, 0.29) is 18.1 Å². The zero-order valence-corrected chi connectivity index (χ0v) is 11.2. The number of benzene rings is 2. The number of furan rings is 1. The van der Waals surface area contributed by atoms with Gasteiger partial charge >= 0.3 is 6.18 Å². The van der Waals surface area contributed by atoms with Gasteiger partial charge in [-0.2, -0.15) is 13.2 Å². The van der Waals surface area contributed by atoms with Crippen LogP contribution in [0.1, 0.15) is 11.3 Å². The molecule has 1 N–H and O–H groups in total. The second-order valence-electron chi connectivity index (χ2n) is 4.72. The molecule has 0 bridgehead atoms. The normalized spacial score (nSPS) is 11.8. The lowest BCUT2D eigenvalue weighted by Crippen LogP contribution is -2.05. The summed E-state index contributed by atoms with van der Waals surface area (Å²) in [5.41, 5.74) is -0.447. The van der Waals surface area contributed by atoms with Gasteiger partial charge < -0.3 is 14.3 Å². The molecule has 0 unspecified atom stereocenters. The van der Waals surface area contributed by atoms with Crippen LogP contribution in [0.5, 0.6) is 11.5 Å². The fourth-order valence-electron chi connectivity index (χ4n) is 2.09. The highest BCUT2D eigenvalue weighted by atomic mass is 19.4. The van der Waals surface area contributed by atoms with Crippen LogP contribution in [-0.4, -0.2) is 5.11 Å². The Labute approximate surface area is 123 Å². The molecule has 6 heteroatoms. The molecule has 0 aliphatic rings. The lowest BCUT2D eigenvalue weighted by Gasteiger charge is -2.09. The Balaban J connectivity index is 1.78. The molecular formula is C16H11F3O3. The van der Waals surface area contributed by atoms with E-state index >= 15 is 0 Å². The summed E-state index contributed by atoms with van der Waals surface area (Å²) in [5.74, 6) is 0.510. The number of phenols is 1. The van der Waals surface area contributed by atoms with Crippen molar-refractivity contribution in [1.29, 1.82) is 0 Å². The van der Waals surface area contributed by atoms with Crippen LogP contribution in [0.2, 0.25) is 0 Å². The number of rotatable bonds is 3. The Bertz CT molecular complexity index is 806. The van der Waals surface area contributed by atoms with E-state index in [1.807, 2.05) is 0 Å². The van der Waals surface area contributed by atoms with E-state index in [1.54, 1.807) is 18.2 Å². The van der Waals surface area contributed by atoms with Crippen LogP contribution in [-0.2, 0) is 12.8 Å². The van der Waals surface area contributed by atoms with Crippen molar-refractivity contribution in [3.63, 3.8) is 0 Å². The van der Waals surface area contributed by atoms with Crippen LogP contribution < -0.4 is 4.74 Å². The molecule has 0 fully saturated rings. The third kappa shape index (κ3) is 2.86. The molecule has 1 heterocycles. The van der Waals surface area contributed by atoms with Crippen molar-refractivity contribution in [3.8, 4) is 11.5 Å². The van der Waals surface area contributed by atoms with Crippen molar-refractivity contribution in [2.45, 2.75) is 12.8 Å². The van der Waals surface area contributed by atoms with Crippen LogP contribution in [0, 0.1) is 0 Å². The smallest absolute Gasteiger partial charge is 0.416 e. The van der Waals surface area contributed by atoms with Crippen molar-refractivity contribution >= 4 is 11.0 Å². The highest BCUT2D eigenvalue weighted by molar-refractivity contribution is 5.83. The van der Waals surface area contributed by atoms with Gasteiger partial charge in [0.1, 0.15) is 18.1 Å². The second-order valence-corrected chi connectivity index (χ2v) is 4.72. The van der Waals surface area contributed by atoms with E-state index in [0.29, 0.717) is 16.7 Å². The lowest BCUT2D eigenvalue weighted by atomic mass is 10.2. The number of fused-ring (bicyclic) bond motifs is 1. The van der Waals surface area contributed by atoms with Crippen LogP contribution in [0.4, 0.5) is 13.2 Å². The van der Waals surface area contributed by atoms with Crippen molar-refractivity contribution in [1.82, 2.24) is 0 Å². The molecule has 3 rings (SSSR count). The van der Waals surface area contributed by atoms with E-state index in [0.717, 1.165) is 12.1 Å². The first-order valence-electron chi connectivity index (χ1n) is 6.44. The summed E-state index contributed by atoms with van der Waals surface area (Å²) in [7, 11) is 0. The molecule has 0 radical (unpaired) electrons. The van der Waals surface area contributed by atoms with Crippen LogP contribution in [0.25, 0.3) is 11.0 Å². The summed E-state index contributed by atoms with van der Waals surface area (Å²) in [6, 6.07) is 11.2. The zero-order valence-electron chi connectivity index (χ0n) is 11.2. The minimum atomic E-state index is -4.41. The summed E-state index contributed by atoms with van der Waals surface area (Å²) in [4.78, 5) is 0. The fraction of sp³-hybridized carbons (Fsp3) is 0.125. The van der Waals surface area contributed by atoms with E-state index in [2.05, 4.69) is 0 Å². The van der Waals surface area contributed by atoms with Gasteiger partial charge in [-0.05, 0) is 30.3 Å². The number of hydrogen-bond acceptors (Lipinski definition) is 3. The monoisotopic (exact) mass is 308 g/mol. The molecule has 0 saturated heterocycles. The Morgan fingerprint density at radius 2 is 1.82 bits per heavy atom. The van der Waals surface area contributed by atoms with Gasteiger partial charge in [0.05, 0.1) is 5.56 Å². The number of hydrogen-bond donors (Lipinski definition) is 1. The predicted octanol–water partition coefficient (Wildman–Crippen LogP) is 4.74. The highest BCUT2D eigenvalue weighted by Crippen LogP contribution is 2.32. The predicted molar refractivity (Wildman–Crippen MR) is 73.7 cm³/mol. The molecule has 0 amide bonds. The Hall–Kier alpha value is -2.63. The van der Waals surface area contributed by atoms with Gasteiger partial charge in [-0.25, -0.2) is 0 Å². The van der Waals surface area contributed by atoms with E-state index in [1.165, 1.54) is 18.2 Å². The Kier molecular flexibility index (Phi) is 3.44. The van der Waals surface area contributed by atoms with Crippen LogP contribution in [0.3, 0.4) is 0 Å². The van der Waals surface area contributed by atoms with Gasteiger partial charge in [0, 0.05) is 5.39 Å². The summed E-state index contributed by atoms with van der Waals surface area (Å²) >= 11 is 0. The first kappa shape index (κ1) is 14.3. The number of phenolic OH excluding ortho intramolecular Hbond substituents is 1. The summed E-state index contributed by atoms with van der Waals surface area (Å²) in [6.07, 6.45) is -4.41. The molecule has 0 aliphatic carbocycles. The van der Waals surface area contributed by atoms with E-state index < -0.39 is 11.7 Å². The Morgan fingerprint density at radius 1 is 1.05 bits per heavy atom. The van der Waals surface area contributed by atoms with Gasteiger partial charge in [0.2, 0.25) is 0 Å². The molecular weight excluding hydrogens is 297 g/mol. The van der Waals surface area contributed by atoms with Crippen molar-refractivity contribution in [2.24, 2.45) is 0 Å². The summed E-state index contributed by atoms with van der Waals surface area (Å²) in [6.45, 7) is -0.0323. The van der Waals surface area contributed by atoms with Crippen LogP contribution in [0.15, 0.2) is 52.9 Å². The largest absolute Gasteiger partial charge is 0.504 e. The minimum absolute atomic E-state index is 0.00261. The number of para-hydroxylation sites is 1. The van der Waals surface area contributed by atoms with Gasteiger partial charge in [-0.15, -0.1) is 0 Å². The maximum atomic E-state index is 12.6. The quantitative estimate of drug-likeness (QED) is 0.760. The molecule has 1 aromatic heterocycles. The standard InChI is InChI=1S/C16H11F3O3/c17-16(18,19)11-4-2-5-12(8-11)21-9-13-7-10-3-1-6-14(20)15(10)22-13/h1-8,20H,9H2. The average Bonchev–Trinajstić information content (AvgIpc) is 2.89. The first-order chi connectivity index (χ1) is 10.4. The molecule has 0 spiro atoms. The van der Waals surface area contributed by atoms with Gasteiger partial charge in [0.15, 0.2) is 11.3 Å². The van der Waals surface area contributed by atoms with Crippen molar-refractivity contribution < 1.29 is 27.4 Å². The fourth-order valence-corrected chi connectivity index (χ4v) is 2.09. The molecule has 0 atom stereocenters. The number of halogens is 3. The molecule has 3 aromatic rings. The number of aromatic hydroxyl groups is 1. The molecule has 114 valence electrons. The number of ether oxygens (including phenoxy) is 1. The third-order valence-corrected chi connectivity index (χ3v) is 3.12. The summed E-state index contributed by atoms with van der Waals surface area (Å²) < 4.78 is 48.6. The molecule has 2 aromatic carbocycles. The molecule has 22 heavy (non-hydrogen) atoms. The zero-order chi connectivity index (χ0) is 15.7. The molecule has 0 aliphatic heterocycles. The Morgan fingerprint density at radius 3 is 2.55 bits per heavy atom. The topological polar surface area (TPSA) is 42.6 Å². The highest BCUT2D eigenvalue weighted by Gasteiger charge is 2.30. The van der Waals surface area contributed by atoms with Gasteiger partial charge in [-0.1, -0.05) is 18.2 Å². The van der Waals surface area contributed by atoms with Gasteiger partial charge in [0.25, 0.3) is 0 Å². The summed E-state index contributed by atoms with van der Waals surface area (Å²) in [5, 5.41) is 10.3. The molecule has 0 saturated carbocycles. The third-order valence-electron chi connectivity index (χ3n) is 3.12. The van der Waals surface area contributed by atoms with E-state index in [4.69, 9.17) is 9.15 Å². The molecule has 3 nitrogen and oxygen atoms in total. The average molecular weight is 308 g/mol. The van der Waals surface area contributed by atoms with Crippen molar-refractivity contribution in [2.75, 3.05) is 0 Å². The number of alkyl halides is 3. The first-order valence-corrected chi connectivity index (χ1v) is 6.44.